The molecule has 0 unspecified atom stereocenters. The van der Waals surface area contributed by atoms with Crippen LogP contribution in [0.5, 0.6) is 5.75 Å². The summed E-state index contributed by atoms with van der Waals surface area (Å²) in [6.07, 6.45) is 2.86. The van der Waals surface area contributed by atoms with Gasteiger partial charge in [0.2, 0.25) is 5.91 Å². The molecule has 0 saturated carbocycles. The highest BCUT2D eigenvalue weighted by molar-refractivity contribution is 5.78. The molecule has 24 heavy (non-hydrogen) atoms. The molecule has 1 heterocycles. The van der Waals surface area contributed by atoms with Gasteiger partial charge in [-0.3, -0.25) is 4.79 Å². The van der Waals surface area contributed by atoms with Crippen molar-refractivity contribution < 1.29 is 9.53 Å². The number of methoxy groups -OCH3 is 1. The Bertz CT molecular complexity index is 694. The van der Waals surface area contributed by atoms with E-state index in [0.717, 1.165) is 24.4 Å². The van der Waals surface area contributed by atoms with Gasteiger partial charge < -0.3 is 15.0 Å². The van der Waals surface area contributed by atoms with E-state index in [4.69, 9.17) is 4.74 Å². The third-order valence-corrected chi connectivity index (χ3v) is 4.41. The van der Waals surface area contributed by atoms with E-state index in [1.807, 2.05) is 30.3 Å². The van der Waals surface area contributed by atoms with Gasteiger partial charge in [0.05, 0.1) is 13.5 Å². The Balaban J connectivity index is 1.60. The average molecular weight is 324 g/mol. The second-order valence-electron chi connectivity index (χ2n) is 6.13. The van der Waals surface area contributed by atoms with Crippen molar-refractivity contribution in [2.24, 2.45) is 0 Å². The fraction of sp³-hybridized carbons (Fsp3) is 0.350. The monoisotopic (exact) mass is 324 g/mol. The van der Waals surface area contributed by atoms with Gasteiger partial charge in [-0.25, -0.2) is 0 Å². The van der Waals surface area contributed by atoms with Crippen molar-refractivity contribution in [1.29, 1.82) is 0 Å². The molecular formula is C20H24N2O2. The molecule has 4 heteroatoms. The van der Waals surface area contributed by atoms with Crippen LogP contribution in [0.15, 0.2) is 48.5 Å². The maximum atomic E-state index is 12.3. The lowest BCUT2D eigenvalue weighted by atomic mass is 10.1. The Hall–Kier alpha value is -2.49. The highest BCUT2D eigenvalue weighted by Gasteiger charge is 2.15. The molecule has 0 bridgehead atoms. The predicted molar refractivity (Wildman–Crippen MR) is 96.4 cm³/mol. The third-order valence-electron chi connectivity index (χ3n) is 4.41. The molecule has 1 N–H and O–H groups in total. The van der Waals surface area contributed by atoms with Gasteiger partial charge in [0, 0.05) is 25.3 Å². The number of nitrogens with zero attached hydrogens (tertiary/aromatic N) is 1. The molecule has 4 nitrogen and oxygen atoms in total. The Kier molecular flexibility index (Phi) is 5.36. The molecule has 1 amide bonds. The molecule has 0 aliphatic carbocycles. The Morgan fingerprint density at radius 2 is 1.92 bits per heavy atom. The molecule has 0 spiro atoms. The van der Waals surface area contributed by atoms with Gasteiger partial charge >= 0.3 is 0 Å². The molecule has 1 saturated heterocycles. The molecule has 1 fully saturated rings. The first-order valence-electron chi connectivity index (χ1n) is 8.49. The maximum Gasteiger partial charge on any atom is 0.224 e. The standard InChI is InChI=1S/C20H24N2O2/c1-24-18-9-6-7-16(13-18)14-20(23)21-15-17-8-2-3-10-19(17)22-11-4-5-12-22/h2-3,6-10,13H,4-5,11-12,14-15H2,1H3,(H,21,23). The zero-order valence-electron chi connectivity index (χ0n) is 14.1. The summed E-state index contributed by atoms with van der Waals surface area (Å²) in [4.78, 5) is 14.7. The van der Waals surface area contributed by atoms with Crippen LogP contribution >= 0.6 is 0 Å². The number of ether oxygens (including phenoxy) is 1. The number of hydrogen-bond acceptors (Lipinski definition) is 3. The summed E-state index contributed by atoms with van der Waals surface area (Å²) < 4.78 is 5.20. The van der Waals surface area contributed by atoms with Gasteiger partial charge in [-0.1, -0.05) is 30.3 Å². The Morgan fingerprint density at radius 3 is 2.71 bits per heavy atom. The maximum absolute atomic E-state index is 12.3. The van der Waals surface area contributed by atoms with Crippen LogP contribution in [0.4, 0.5) is 5.69 Å². The summed E-state index contributed by atoms with van der Waals surface area (Å²) in [6, 6.07) is 16.0. The molecular weight excluding hydrogens is 300 g/mol. The lowest BCUT2D eigenvalue weighted by molar-refractivity contribution is -0.120. The number of hydrogen-bond donors (Lipinski definition) is 1. The van der Waals surface area contributed by atoms with Crippen molar-refractivity contribution in [3.8, 4) is 5.75 Å². The fourth-order valence-corrected chi connectivity index (χ4v) is 3.15. The van der Waals surface area contributed by atoms with Crippen LogP contribution in [0.1, 0.15) is 24.0 Å². The molecule has 2 aromatic rings. The minimum absolute atomic E-state index is 0.0273. The molecule has 2 aromatic carbocycles. The van der Waals surface area contributed by atoms with E-state index in [9.17, 15) is 4.79 Å². The summed E-state index contributed by atoms with van der Waals surface area (Å²) in [5, 5.41) is 3.04. The van der Waals surface area contributed by atoms with E-state index >= 15 is 0 Å². The quantitative estimate of drug-likeness (QED) is 0.887. The van der Waals surface area contributed by atoms with Crippen LogP contribution in [0, 0.1) is 0 Å². The summed E-state index contributed by atoms with van der Waals surface area (Å²) in [5.74, 6) is 0.805. The number of anilines is 1. The Morgan fingerprint density at radius 1 is 1.12 bits per heavy atom. The summed E-state index contributed by atoms with van der Waals surface area (Å²) in [5.41, 5.74) is 3.38. The van der Waals surface area contributed by atoms with E-state index in [2.05, 4.69) is 28.4 Å². The molecule has 0 radical (unpaired) electrons. The second kappa shape index (κ2) is 7.86. The van der Waals surface area contributed by atoms with Gasteiger partial charge in [-0.15, -0.1) is 0 Å². The number of benzene rings is 2. The number of nitrogens with one attached hydrogen (secondary N) is 1. The van der Waals surface area contributed by atoms with Crippen LogP contribution in [0.3, 0.4) is 0 Å². The van der Waals surface area contributed by atoms with E-state index in [1.165, 1.54) is 24.1 Å². The molecule has 126 valence electrons. The third kappa shape index (κ3) is 4.07. The van der Waals surface area contributed by atoms with Crippen LogP contribution in [0.25, 0.3) is 0 Å². The van der Waals surface area contributed by atoms with Crippen molar-refractivity contribution >= 4 is 11.6 Å². The summed E-state index contributed by atoms with van der Waals surface area (Å²) in [7, 11) is 1.63. The molecule has 3 rings (SSSR count). The summed E-state index contributed by atoms with van der Waals surface area (Å²) in [6.45, 7) is 2.78. The van der Waals surface area contributed by atoms with Crippen LogP contribution in [-0.2, 0) is 17.8 Å². The van der Waals surface area contributed by atoms with Crippen molar-refractivity contribution in [1.82, 2.24) is 5.32 Å². The lowest BCUT2D eigenvalue weighted by Crippen LogP contribution is -2.26. The van der Waals surface area contributed by atoms with Crippen molar-refractivity contribution in [2.45, 2.75) is 25.8 Å². The topological polar surface area (TPSA) is 41.6 Å². The van der Waals surface area contributed by atoms with E-state index in [1.54, 1.807) is 7.11 Å². The first-order valence-corrected chi connectivity index (χ1v) is 8.49. The molecule has 0 atom stereocenters. The predicted octanol–water partition coefficient (Wildman–Crippen LogP) is 3.15. The number of carbonyl (C=O) groups excluding carboxylic acids is 1. The van der Waals surface area contributed by atoms with Crippen molar-refractivity contribution in [3.05, 3.63) is 59.7 Å². The lowest BCUT2D eigenvalue weighted by Gasteiger charge is -2.21. The van der Waals surface area contributed by atoms with Crippen LogP contribution in [-0.4, -0.2) is 26.1 Å². The van der Waals surface area contributed by atoms with Crippen molar-refractivity contribution in [3.63, 3.8) is 0 Å². The van der Waals surface area contributed by atoms with Crippen LogP contribution in [0.2, 0.25) is 0 Å². The van der Waals surface area contributed by atoms with Crippen LogP contribution < -0.4 is 15.0 Å². The first kappa shape index (κ1) is 16.4. The fourth-order valence-electron chi connectivity index (χ4n) is 3.15. The smallest absolute Gasteiger partial charge is 0.224 e. The van der Waals surface area contributed by atoms with Gasteiger partial charge in [-0.2, -0.15) is 0 Å². The van der Waals surface area contributed by atoms with Crippen molar-refractivity contribution in [2.75, 3.05) is 25.1 Å². The van der Waals surface area contributed by atoms with Gasteiger partial charge in [0.25, 0.3) is 0 Å². The van der Waals surface area contributed by atoms with Gasteiger partial charge in [0.1, 0.15) is 5.75 Å². The first-order chi connectivity index (χ1) is 11.8. The SMILES string of the molecule is COc1cccc(CC(=O)NCc2ccccc2N2CCCC2)c1. The molecule has 0 aromatic heterocycles. The highest BCUT2D eigenvalue weighted by atomic mass is 16.5. The Labute approximate surface area is 143 Å². The minimum atomic E-state index is 0.0273. The van der Waals surface area contributed by atoms with Gasteiger partial charge in [0.15, 0.2) is 0 Å². The van der Waals surface area contributed by atoms with E-state index < -0.39 is 0 Å². The van der Waals surface area contributed by atoms with E-state index in [-0.39, 0.29) is 5.91 Å². The summed E-state index contributed by atoms with van der Waals surface area (Å²) >= 11 is 0. The zero-order chi connectivity index (χ0) is 16.8. The second-order valence-corrected chi connectivity index (χ2v) is 6.13. The number of carbonyl (C=O) groups is 1. The highest BCUT2D eigenvalue weighted by Crippen LogP contribution is 2.24. The normalized spacial score (nSPS) is 13.8. The van der Waals surface area contributed by atoms with E-state index in [0.29, 0.717) is 13.0 Å². The zero-order valence-corrected chi connectivity index (χ0v) is 14.1. The molecule has 1 aliphatic heterocycles. The molecule has 1 aliphatic rings. The average Bonchev–Trinajstić information content (AvgIpc) is 3.15. The number of para-hydroxylation sites is 1. The number of amides is 1. The minimum Gasteiger partial charge on any atom is -0.497 e. The van der Waals surface area contributed by atoms with Gasteiger partial charge in [-0.05, 0) is 42.2 Å². The largest absolute Gasteiger partial charge is 0.497 e. The number of rotatable bonds is 6.